The summed E-state index contributed by atoms with van der Waals surface area (Å²) in [6.45, 7) is 8.83. The Morgan fingerprint density at radius 2 is 1.94 bits per heavy atom. The van der Waals surface area contributed by atoms with E-state index in [4.69, 9.17) is 18.0 Å². The molecule has 0 bridgehead atoms. The zero-order valence-electron chi connectivity index (χ0n) is 10.6. The van der Waals surface area contributed by atoms with E-state index in [1.807, 2.05) is 0 Å². The average molecular weight is 235 g/mol. The number of aryl methyl sites for hydroxylation is 2. The average Bonchev–Trinajstić information content (AvgIpc) is 2.14. The minimum Gasteiger partial charge on any atom is -0.393 e. The van der Waals surface area contributed by atoms with Gasteiger partial charge >= 0.3 is 0 Å². The van der Waals surface area contributed by atoms with Crippen LogP contribution in [0, 0.1) is 6.92 Å². The minimum absolute atomic E-state index is 0.200. The van der Waals surface area contributed by atoms with Gasteiger partial charge in [0.05, 0.1) is 4.99 Å². The zero-order valence-corrected chi connectivity index (χ0v) is 11.4. The molecule has 0 radical (unpaired) electrons. The third kappa shape index (κ3) is 3.60. The summed E-state index contributed by atoms with van der Waals surface area (Å²) in [6.07, 6.45) is 1.74. The molecule has 0 amide bonds. The van der Waals surface area contributed by atoms with Crippen molar-refractivity contribution in [1.82, 2.24) is 0 Å². The summed E-state index contributed by atoms with van der Waals surface area (Å²) >= 11 is 4.92. The summed E-state index contributed by atoms with van der Waals surface area (Å²) in [5, 5.41) is 0. The minimum atomic E-state index is 0.200. The Morgan fingerprint density at radius 1 is 1.31 bits per heavy atom. The fourth-order valence-electron chi connectivity index (χ4n) is 1.67. The molecule has 0 spiro atoms. The van der Waals surface area contributed by atoms with Crippen molar-refractivity contribution in [3.63, 3.8) is 0 Å². The molecule has 1 aromatic carbocycles. The molecule has 0 aliphatic heterocycles. The first-order chi connectivity index (χ1) is 7.30. The van der Waals surface area contributed by atoms with Crippen LogP contribution in [-0.2, 0) is 11.8 Å². The molecule has 0 heterocycles. The highest BCUT2D eigenvalue weighted by Crippen LogP contribution is 2.25. The van der Waals surface area contributed by atoms with E-state index < -0.39 is 0 Å². The molecular formula is C14H21NS. The topological polar surface area (TPSA) is 26.0 Å². The van der Waals surface area contributed by atoms with Crippen molar-refractivity contribution < 1.29 is 0 Å². The Balaban J connectivity index is 2.95. The van der Waals surface area contributed by atoms with Gasteiger partial charge in [-0.1, -0.05) is 51.2 Å². The highest BCUT2D eigenvalue weighted by molar-refractivity contribution is 7.80. The lowest BCUT2D eigenvalue weighted by Crippen LogP contribution is -2.13. The van der Waals surface area contributed by atoms with E-state index in [1.165, 1.54) is 16.7 Å². The second-order valence-electron chi connectivity index (χ2n) is 5.36. The van der Waals surface area contributed by atoms with Crippen LogP contribution in [0.5, 0.6) is 0 Å². The predicted octanol–water partition coefficient (Wildman–Crippen LogP) is 3.51. The molecule has 0 saturated heterocycles. The van der Waals surface area contributed by atoms with Crippen LogP contribution in [0.25, 0.3) is 0 Å². The van der Waals surface area contributed by atoms with Crippen LogP contribution in [0.15, 0.2) is 18.2 Å². The van der Waals surface area contributed by atoms with Gasteiger partial charge < -0.3 is 5.73 Å². The van der Waals surface area contributed by atoms with Crippen LogP contribution in [-0.4, -0.2) is 4.99 Å². The van der Waals surface area contributed by atoms with Crippen LogP contribution >= 0.6 is 12.2 Å². The largest absolute Gasteiger partial charge is 0.393 e. The monoisotopic (exact) mass is 235 g/mol. The van der Waals surface area contributed by atoms with Crippen LogP contribution < -0.4 is 5.73 Å². The molecule has 88 valence electrons. The summed E-state index contributed by atoms with van der Waals surface area (Å²) in [5.74, 6) is 0. The number of benzene rings is 1. The Hall–Kier alpha value is -0.890. The first-order valence-electron chi connectivity index (χ1n) is 5.69. The number of hydrogen-bond acceptors (Lipinski definition) is 1. The van der Waals surface area contributed by atoms with E-state index in [0.717, 1.165) is 12.8 Å². The van der Waals surface area contributed by atoms with E-state index in [1.54, 1.807) is 0 Å². The molecule has 0 aromatic heterocycles. The molecule has 2 heteroatoms. The summed E-state index contributed by atoms with van der Waals surface area (Å²) in [6, 6.07) is 6.68. The van der Waals surface area contributed by atoms with Gasteiger partial charge in [0.1, 0.15) is 0 Å². The molecule has 0 fully saturated rings. The number of rotatable bonds is 3. The van der Waals surface area contributed by atoms with E-state index in [0.29, 0.717) is 4.99 Å². The molecule has 0 unspecified atom stereocenters. The van der Waals surface area contributed by atoms with Gasteiger partial charge in [0.25, 0.3) is 0 Å². The lowest BCUT2D eigenvalue weighted by atomic mass is 9.85. The van der Waals surface area contributed by atoms with Gasteiger partial charge in [0.2, 0.25) is 0 Å². The lowest BCUT2D eigenvalue weighted by molar-refractivity contribution is 0.589. The Bertz CT molecular complexity index is 388. The highest BCUT2D eigenvalue weighted by Gasteiger charge is 2.14. The second kappa shape index (κ2) is 4.96. The molecule has 0 atom stereocenters. The Morgan fingerprint density at radius 3 is 2.44 bits per heavy atom. The fourth-order valence-corrected chi connectivity index (χ4v) is 1.77. The Kier molecular flexibility index (Phi) is 4.09. The van der Waals surface area contributed by atoms with E-state index in [9.17, 15) is 0 Å². The first-order valence-corrected chi connectivity index (χ1v) is 6.10. The van der Waals surface area contributed by atoms with Crippen LogP contribution in [0.3, 0.4) is 0 Å². The maximum Gasteiger partial charge on any atom is 0.0730 e. The zero-order chi connectivity index (χ0) is 12.3. The normalized spacial score (nSPS) is 11.5. The van der Waals surface area contributed by atoms with E-state index in [-0.39, 0.29) is 5.41 Å². The van der Waals surface area contributed by atoms with Crippen molar-refractivity contribution in [1.29, 1.82) is 0 Å². The van der Waals surface area contributed by atoms with Crippen molar-refractivity contribution in [3.8, 4) is 0 Å². The van der Waals surface area contributed by atoms with Gasteiger partial charge in [0, 0.05) is 6.42 Å². The van der Waals surface area contributed by atoms with Gasteiger partial charge in [0.15, 0.2) is 0 Å². The van der Waals surface area contributed by atoms with Crippen molar-refractivity contribution >= 4 is 17.2 Å². The number of nitrogens with two attached hydrogens (primary N) is 1. The van der Waals surface area contributed by atoms with Crippen molar-refractivity contribution in [2.45, 2.75) is 46.0 Å². The summed E-state index contributed by atoms with van der Waals surface area (Å²) in [4.78, 5) is 0.598. The molecule has 0 aliphatic rings. The summed E-state index contributed by atoms with van der Waals surface area (Å²) in [7, 11) is 0. The van der Waals surface area contributed by atoms with Crippen molar-refractivity contribution in [3.05, 3.63) is 34.9 Å². The van der Waals surface area contributed by atoms with Crippen molar-refractivity contribution in [2.75, 3.05) is 0 Å². The predicted molar refractivity (Wildman–Crippen MR) is 75.0 cm³/mol. The smallest absolute Gasteiger partial charge is 0.0730 e. The van der Waals surface area contributed by atoms with Gasteiger partial charge in [-0.3, -0.25) is 0 Å². The molecule has 0 aliphatic carbocycles. The molecule has 0 saturated carbocycles. The molecule has 16 heavy (non-hydrogen) atoms. The van der Waals surface area contributed by atoms with Gasteiger partial charge in [-0.25, -0.2) is 0 Å². The Labute approximate surface area is 104 Å². The van der Waals surface area contributed by atoms with Gasteiger partial charge in [-0.2, -0.15) is 0 Å². The van der Waals surface area contributed by atoms with Crippen LogP contribution in [0.2, 0.25) is 0 Å². The first kappa shape index (κ1) is 13.2. The van der Waals surface area contributed by atoms with Gasteiger partial charge in [-0.15, -0.1) is 0 Å². The van der Waals surface area contributed by atoms with Crippen molar-refractivity contribution in [2.24, 2.45) is 5.73 Å². The van der Waals surface area contributed by atoms with Crippen LogP contribution in [0.1, 0.15) is 43.9 Å². The molecule has 1 nitrogen and oxygen atoms in total. The third-order valence-corrected chi connectivity index (χ3v) is 3.06. The number of thiocarbonyl (C=S) groups is 1. The second-order valence-corrected chi connectivity index (χ2v) is 5.88. The van der Waals surface area contributed by atoms with E-state index in [2.05, 4.69) is 45.9 Å². The molecule has 1 rings (SSSR count). The summed E-state index contributed by atoms with van der Waals surface area (Å²) < 4.78 is 0. The summed E-state index contributed by atoms with van der Waals surface area (Å²) in [5.41, 5.74) is 9.80. The quantitative estimate of drug-likeness (QED) is 0.811. The lowest BCUT2D eigenvalue weighted by Gasteiger charge is -2.20. The van der Waals surface area contributed by atoms with Crippen LogP contribution in [0.4, 0.5) is 0 Å². The molecule has 2 N–H and O–H groups in total. The fraction of sp³-hybridized carbons (Fsp3) is 0.500. The third-order valence-electron chi connectivity index (χ3n) is 2.86. The highest BCUT2D eigenvalue weighted by atomic mass is 32.1. The molecular weight excluding hydrogens is 214 g/mol. The van der Waals surface area contributed by atoms with Gasteiger partial charge in [-0.05, 0) is 35.4 Å². The number of hydrogen-bond donors (Lipinski definition) is 1. The molecule has 1 aromatic rings. The maximum absolute atomic E-state index is 5.55. The van der Waals surface area contributed by atoms with E-state index >= 15 is 0 Å². The maximum atomic E-state index is 5.55. The standard InChI is InChI=1S/C14H21NS/c1-10-5-7-12(14(2,3)4)9-11(10)6-8-13(15)16/h5,7,9H,6,8H2,1-4H3,(H2,15,16). The SMILES string of the molecule is Cc1ccc(C(C)(C)C)cc1CCC(N)=S.